The van der Waals surface area contributed by atoms with E-state index in [1.165, 1.54) is 12.1 Å². The lowest BCUT2D eigenvalue weighted by molar-refractivity contribution is 0.197. The summed E-state index contributed by atoms with van der Waals surface area (Å²) in [5, 5.41) is 5.05. The molecule has 26 heavy (non-hydrogen) atoms. The Bertz CT molecular complexity index is 844. The normalized spacial score (nSPS) is 17.4. The Labute approximate surface area is 154 Å². The van der Waals surface area contributed by atoms with Crippen LogP contribution in [0.15, 0.2) is 22.7 Å². The topological polar surface area (TPSA) is 66.7 Å². The fourth-order valence-electron chi connectivity index (χ4n) is 3.58. The Hall–Kier alpha value is -1.51. The molecule has 2 heterocycles. The third kappa shape index (κ3) is 4.07. The Morgan fingerprint density at radius 2 is 2.04 bits per heavy atom. The van der Waals surface area contributed by atoms with Crippen LogP contribution in [0.2, 0.25) is 0 Å². The molecule has 3 rings (SSSR count). The average Bonchev–Trinajstić information content (AvgIpc) is 3.05. The molecule has 1 fully saturated rings. The van der Waals surface area contributed by atoms with E-state index in [4.69, 9.17) is 4.52 Å². The zero-order valence-electron chi connectivity index (χ0n) is 15.3. The van der Waals surface area contributed by atoms with Gasteiger partial charge in [-0.05, 0) is 45.0 Å². The van der Waals surface area contributed by atoms with E-state index in [1.807, 2.05) is 6.92 Å². The largest absolute Gasteiger partial charge is 0.356 e. The number of rotatable bonds is 7. The number of halogens is 1. The molecule has 2 aromatic rings. The van der Waals surface area contributed by atoms with E-state index in [-0.39, 0.29) is 11.6 Å². The summed E-state index contributed by atoms with van der Waals surface area (Å²) in [4.78, 5) is 2.30. The first-order valence-electron chi connectivity index (χ1n) is 9.19. The summed E-state index contributed by atoms with van der Waals surface area (Å²) < 4.78 is 44.2. The molecule has 1 aliphatic heterocycles. The molecule has 6 nitrogen and oxygen atoms in total. The summed E-state index contributed by atoms with van der Waals surface area (Å²) in [6.07, 6.45) is 1.87. The Kier molecular flexibility index (Phi) is 5.94. The Balaban J connectivity index is 1.57. The van der Waals surface area contributed by atoms with Crippen molar-refractivity contribution in [3.05, 3.63) is 29.7 Å². The quantitative estimate of drug-likeness (QED) is 0.736. The van der Waals surface area contributed by atoms with Crippen molar-refractivity contribution in [3.63, 3.8) is 0 Å². The van der Waals surface area contributed by atoms with E-state index in [0.717, 1.165) is 43.6 Å². The molecule has 0 atom stereocenters. The second kappa shape index (κ2) is 8.02. The van der Waals surface area contributed by atoms with Crippen molar-refractivity contribution in [2.45, 2.75) is 32.6 Å². The lowest BCUT2D eigenvalue weighted by Gasteiger charge is -2.32. The highest BCUT2D eigenvalue weighted by atomic mass is 32.2. The molecule has 0 amide bonds. The first-order valence-corrected chi connectivity index (χ1v) is 10.8. The minimum Gasteiger partial charge on any atom is -0.356 e. The molecule has 1 aliphatic rings. The zero-order chi connectivity index (χ0) is 18.7. The number of benzene rings is 1. The minimum atomic E-state index is -3.13. The summed E-state index contributed by atoms with van der Waals surface area (Å²) in [6.45, 7) is 7.12. The van der Waals surface area contributed by atoms with E-state index >= 15 is 0 Å². The van der Waals surface area contributed by atoms with Gasteiger partial charge in [0.25, 0.3) is 0 Å². The van der Waals surface area contributed by atoms with Gasteiger partial charge in [-0.3, -0.25) is 0 Å². The molecule has 144 valence electrons. The SMILES string of the molecule is CCN(CCN1CCC(c2noc3cc(F)ccc23)CC1)S(=O)(=O)CC. The van der Waals surface area contributed by atoms with E-state index in [0.29, 0.717) is 24.6 Å². The van der Waals surface area contributed by atoms with Crippen LogP contribution < -0.4 is 0 Å². The Morgan fingerprint density at radius 3 is 2.69 bits per heavy atom. The van der Waals surface area contributed by atoms with Crippen LogP contribution in [-0.4, -0.2) is 61.3 Å². The van der Waals surface area contributed by atoms with Crippen molar-refractivity contribution in [1.82, 2.24) is 14.4 Å². The fraction of sp³-hybridized carbons (Fsp3) is 0.611. The van der Waals surface area contributed by atoms with Crippen LogP contribution in [0, 0.1) is 5.82 Å². The fourth-order valence-corrected chi connectivity index (χ4v) is 4.70. The maximum Gasteiger partial charge on any atom is 0.213 e. The van der Waals surface area contributed by atoms with Crippen molar-refractivity contribution in [3.8, 4) is 0 Å². The molecule has 0 spiro atoms. The molecule has 0 N–H and O–H groups in total. The zero-order valence-corrected chi connectivity index (χ0v) is 16.1. The van der Waals surface area contributed by atoms with Crippen molar-refractivity contribution < 1.29 is 17.3 Å². The average molecular weight is 383 g/mol. The van der Waals surface area contributed by atoms with Crippen LogP contribution >= 0.6 is 0 Å². The van der Waals surface area contributed by atoms with Gasteiger partial charge in [0.15, 0.2) is 5.58 Å². The van der Waals surface area contributed by atoms with Gasteiger partial charge in [-0.15, -0.1) is 0 Å². The summed E-state index contributed by atoms with van der Waals surface area (Å²) in [5.74, 6) is 0.111. The number of nitrogens with zero attached hydrogens (tertiary/aromatic N) is 3. The van der Waals surface area contributed by atoms with Crippen molar-refractivity contribution in [2.75, 3.05) is 38.5 Å². The van der Waals surface area contributed by atoms with Crippen molar-refractivity contribution in [1.29, 1.82) is 0 Å². The predicted octanol–water partition coefficient (Wildman–Crippen LogP) is 2.82. The van der Waals surface area contributed by atoms with Gasteiger partial charge in [0.1, 0.15) is 5.82 Å². The van der Waals surface area contributed by atoms with Crippen molar-refractivity contribution >= 4 is 21.0 Å². The maximum atomic E-state index is 13.3. The van der Waals surface area contributed by atoms with Gasteiger partial charge >= 0.3 is 0 Å². The third-order valence-corrected chi connectivity index (χ3v) is 7.17. The maximum absolute atomic E-state index is 13.3. The molecule has 0 unspecified atom stereocenters. The summed E-state index contributed by atoms with van der Waals surface area (Å²) >= 11 is 0. The predicted molar refractivity (Wildman–Crippen MR) is 99.1 cm³/mol. The van der Waals surface area contributed by atoms with Crippen LogP contribution in [0.4, 0.5) is 4.39 Å². The molecule has 0 radical (unpaired) electrons. The number of hydrogen-bond donors (Lipinski definition) is 0. The van der Waals surface area contributed by atoms with Gasteiger partial charge in [0, 0.05) is 37.0 Å². The first-order chi connectivity index (χ1) is 12.4. The summed E-state index contributed by atoms with van der Waals surface area (Å²) in [6, 6.07) is 4.54. The number of hydrogen-bond acceptors (Lipinski definition) is 5. The highest BCUT2D eigenvalue weighted by Gasteiger charge is 2.26. The number of likely N-dealkylation sites (tertiary alicyclic amines) is 1. The number of fused-ring (bicyclic) bond motifs is 1. The van der Waals surface area contributed by atoms with Gasteiger partial charge in [-0.2, -0.15) is 0 Å². The summed E-state index contributed by atoms with van der Waals surface area (Å²) in [7, 11) is -3.13. The minimum absolute atomic E-state index is 0.142. The van der Waals surface area contributed by atoms with Crippen LogP contribution in [0.3, 0.4) is 0 Å². The van der Waals surface area contributed by atoms with Crippen LogP contribution in [0.5, 0.6) is 0 Å². The monoisotopic (exact) mass is 383 g/mol. The van der Waals surface area contributed by atoms with Gasteiger partial charge < -0.3 is 9.42 Å². The molecule has 1 aromatic carbocycles. The Morgan fingerprint density at radius 1 is 1.31 bits per heavy atom. The van der Waals surface area contributed by atoms with Gasteiger partial charge in [-0.1, -0.05) is 12.1 Å². The molecule has 1 aromatic heterocycles. The molecule has 0 bridgehead atoms. The first kappa shape index (κ1) is 19.3. The van der Waals surface area contributed by atoms with Crippen LogP contribution in [0.1, 0.15) is 38.3 Å². The second-order valence-corrected chi connectivity index (χ2v) is 8.97. The molecular formula is C18H26FN3O3S. The van der Waals surface area contributed by atoms with Gasteiger partial charge in [0.2, 0.25) is 10.0 Å². The van der Waals surface area contributed by atoms with Gasteiger partial charge in [-0.25, -0.2) is 17.1 Å². The van der Waals surface area contributed by atoms with E-state index in [2.05, 4.69) is 10.1 Å². The van der Waals surface area contributed by atoms with Crippen LogP contribution in [0.25, 0.3) is 11.0 Å². The molecule has 0 aliphatic carbocycles. The number of aromatic nitrogens is 1. The summed E-state index contributed by atoms with van der Waals surface area (Å²) in [5.41, 5.74) is 1.40. The highest BCUT2D eigenvalue weighted by molar-refractivity contribution is 7.89. The second-order valence-electron chi connectivity index (χ2n) is 6.72. The lowest BCUT2D eigenvalue weighted by Crippen LogP contribution is -2.41. The van der Waals surface area contributed by atoms with Gasteiger partial charge in [0.05, 0.1) is 11.4 Å². The molecule has 0 saturated carbocycles. The van der Waals surface area contributed by atoms with Crippen molar-refractivity contribution in [2.24, 2.45) is 0 Å². The van der Waals surface area contributed by atoms with E-state index in [9.17, 15) is 12.8 Å². The van der Waals surface area contributed by atoms with E-state index in [1.54, 1.807) is 17.3 Å². The van der Waals surface area contributed by atoms with E-state index < -0.39 is 10.0 Å². The third-order valence-electron chi connectivity index (χ3n) is 5.21. The highest BCUT2D eigenvalue weighted by Crippen LogP contribution is 2.32. The van der Waals surface area contributed by atoms with Crippen LogP contribution in [-0.2, 0) is 10.0 Å². The number of piperidine rings is 1. The number of sulfonamides is 1. The molecule has 8 heteroatoms. The molecule has 1 saturated heterocycles. The number of likely N-dealkylation sites (N-methyl/N-ethyl adjacent to an activating group) is 1. The smallest absolute Gasteiger partial charge is 0.213 e. The standard InChI is InChI=1S/C18H26FN3O3S/c1-3-22(26(23,24)4-2)12-11-21-9-7-14(8-10-21)18-16-6-5-15(19)13-17(16)25-20-18/h5-6,13-14H,3-4,7-12H2,1-2H3. The lowest BCUT2D eigenvalue weighted by atomic mass is 9.91. The molecular weight excluding hydrogens is 357 g/mol.